The van der Waals surface area contributed by atoms with Crippen LogP contribution >= 0.6 is 0 Å². The van der Waals surface area contributed by atoms with Crippen molar-refractivity contribution in [3.05, 3.63) is 48.0 Å². The molecular formula is C12H11N3O2. The van der Waals surface area contributed by atoms with E-state index in [2.05, 4.69) is 15.3 Å². The fourth-order valence-electron chi connectivity index (χ4n) is 1.40. The van der Waals surface area contributed by atoms with Crippen LogP contribution in [0.1, 0.15) is 15.9 Å². The molecule has 1 heterocycles. The van der Waals surface area contributed by atoms with Gasteiger partial charge in [0, 0.05) is 0 Å². The Kier molecular flexibility index (Phi) is 3.00. The Bertz CT molecular complexity index is 541. The van der Waals surface area contributed by atoms with Crippen molar-refractivity contribution in [2.45, 2.75) is 6.92 Å². The first-order chi connectivity index (χ1) is 8.16. The summed E-state index contributed by atoms with van der Waals surface area (Å²) in [5.74, 6) is -0.434. The number of nitrogens with zero attached hydrogens (tertiary/aromatic N) is 2. The van der Waals surface area contributed by atoms with Crippen LogP contribution in [0.3, 0.4) is 0 Å². The topological polar surface area (TPSA) is 75.1 Å². The smallest absolute Gasteiger partial charge is 0.259 e. The molecule has 1 aromatic carbocycles. The van der Waals surface area contributed by atoms with E-state index in [4.69, 9.17) is 0 Å². The minimum Gasteiger partial charge on any atom is -0.507 e. The summed E-state index contributed by atoms with van der Waals surface area (Å²) in [4.78, 5) is 19.4. The second kappa shape index (κ2) is 4.61. The highest BCUT2D eigenvalue weighted by molar-refractivity contribution is 6.05. The fraction of sp³-hybridized carbons (Fsp3) is 0.0833. The Labute approximate surface area is 98.2 Å². The van der Waals surface area contributed by atoms with Crippen LogP contribution < -0.4 is 5.32 Å². The van der Waals surface area contributed by atoms with Gasteiger partial charge in [0.1, 0.15) is 12.1 Å². The van der Waals surface area contributed by atoms with Gasteiger partial charge in [0.25, 0.3) is 5.91 Å². The zero-order valence-corrected chi connectivity index (χ0v) is 9.21. The Morgan fingerprint density at radius 2 is 2.00 bits per heavy atom. The number of phenolic OH excluding ortho intramolecular Hbond substituents is 1. The lowest BCUT2D eigenvalue weighted by molar-refractivity contribution is 0.102. The zero-order chi connectivity index (χ0) is 12.3. The molecule has 1 amide bonds. The van der Waals surface area contributed by atoms with Crippen LogP contribution in [0, 0.1) is 6.92 Å². The van der Waals surface area contributed by atoms with E-state index < -0.39 is 5.91 Å². The Morgan fingerprint density at radius 3 is 2.65 bits per heavy atom. The average molecular weight is 229 g/mol. The van der Waals surface area contributed by atoms with E-state index in [1.807, 2.05) is 6.92 Å². The van der Waals surface area contributed by atoms with Crippen molar-refractivity contribution in [1.82, 2.24) is 9.97 Å². The molecule has 0 aliphatic rings. The van der Waals surface area contributed by atoms with Crippen LogP contribution in [0.2, 0.25) is 0 Å². The van der Waals surface area contributed by atoms with Crippen LogP contribution in [0.5, 0.6) is 5.75 Å². The summed E-state index contributed by atoms with van der Waals surface area (Å²) < 4.78 is 0. The first kappa shape index (κ1) is 11.1. The maximum Gasteiger partial charge on any atom is 0.259 e. The van der Waals surface area contributed by atoms with Crippen LogP contribution in [0.25, 0.3) is 0 Å². The molecule has 5 heteroatoms. The summed E-state index contributed by atoms with van der Waals surface area (Å²) in [5.41, 5.74) is 1.60. The molecule has 2 rings (SSSR count). The maximum absolute atomic E-state index is 11.8. The van der Waals surface area contributed by atoms with Crippen molar-refractivity contribution in [3.63, 3.8) is 0 Å². The Balaban J connectivity index is 2.21. The number of carbonyl (C=O) groups is 1. The van der Waals surface area contributed by atoms with Gasteiger partial charge in [-0.25, -0.2) is 9.97 Å². The maximum atomic E-state index is 11.8. The molecule has 0 aliphatic heterocycles. The minimum absolute atomic E-state index is 0.0423. The fourth-order valence-corrected chi connectivity index (χ4v) is 1.40. The van der Waals surface area contributed by atoms with Crippen molar-refractivity contribution in [3.8, 4) is 5.75 Å². The van der Waals surface area contributed by atoms with Crippen LogP contribution in [0.4, 0.5) is 5.69 Å². The molecule has 86 valence electrons. The molecule has 17 heavy (non-hydrogen) atoms. The van der Waals surface area contributed by atoms with Gasteiger partial charge in [-0.05, 0) is 24.6 Å². The minimum atomic E-state index is -0.391. The van der Waals surface area contributed by atoms with Crippen LogP contribution in [-0.2, 0) is 0 Å². The summed E-state index contributed by atoms with van der Waals surface area (Å²) in [7, 11) is 0. The number of amides is 1. The summed E-state index contributed by atoms with van der Waals surface area (Å²) in [6, 6.07) is 4.87. The van der Waals surface area contributed by atoms with E-state index in [1.165, 1.54) is 24.8 Å². The highest BCUT2D eigenvalue weighted by Gasteiger charge is 2.11. The van der Waals surface area contributed by atoms with Crippen LogP contribution in [-0.4, -0.2) is 21.0 Å². The number of rotatable bonds is 2. The van der Waals surface area contributed by atoms with Gasteiger partial charge in [-0.3, -0.25) is 4.79 Å². The van der Waals surface area contributed by atoms with Gasteiger partial charge in [0.15, 0.2) is 0 Å². The number of hydrogen-bond acceptors (Lipinski definition) is 4. The number of nitrogens with one attached hydrogen (secondary N) is 1. The third-order valence-corrected chi connectivity index (χ3v) is 2.22. The largest absolute Gasteiger partial charge is 0.507 e. The molecule has 2 N–H and O–H groups in total. The average Bonchev–Trinajstić information content (AvgIpc) is 2.30. The van der Waals surface area contributed by atoms with Gasteiger partial charge < -0.3 is 10.4 Å². The number of hydrogen-bond donors (Lipinski definition) is 2. The normalized spacial score (nSPS) is 9.94. The Morgan fingerprint density at radius 1 is 1.29 bits per heavy atom. The highest BCUT2D eigenvalue weighted by Crippen LogP contribution is 2.19. The van der Waals surface area contributed by atoms with Crippen molar-refractivity contribution in [1.29, 1.82) is 0 Å². The lowest BCUT2D eigenvalue weighted by Gasteiger charge is -2.06. The van der Waals surface area contributed by atoms with Gasteiger partial charge in [0.2, 0.25) is 0 Å². The molecule has 0 fully saturated rings. The number of aromatic hydroxyl groups is 1. The summed E-state index contributed by atoms with van der Waals surface area (Å²) in [6.07, 6.45) is 4.34. The van der Waals surface area contributed by atoms with Crippen molar-refractivity contribution in [2.75, 3.05) is 5.32 Å². The number of carbonyl (C=O) groups excluding carboxylic acids is 1. The standard InChI is InChI=1S/C12H11N3O2/c1-8-2-3-10(11(16)4-8)12(17)15-9-5-13-7-14-6-9/h2-7,16H,1H3,(H,15,17). The number of phenols is 1. The second-order valence-electron chi connectivity index (χ2n) is 3.60. The van der Waals surface area contributed by atoms with E-state index >= 15 is 0 Å². The zero-order valence-electron chi connectivity index (χ0n) is 9.21. The second-order valence-corrected chi connectivity index (χ2v) is 3.60. The molecule has 0 radical (unpaired) electrons. The molecule has 0 bridgehead atoms. The molecule has 0 aliphatic carbocycles. The SMILES string of the molecule is Cc1ccc(C(=O)Nc2cncnc2)c(O)c1. The van der Waals surface area contributed by atoms with Crippen molar-refractivity contribution >= 4 is 11.6 Å². The van der Waals surface area contributed by atoms with Gasteiger partial charge in [-0.2, -0.15) is 0 Å². The molecule has 1 aromatic heterocycles. The summed E-state index contributed by atoms with van der Waals surface area (Å²) in [6.45, 7) is 1.84. The highest BCUT2D eigenvalue weighted by atomic mass is 16.3. The molecule has 0 saturated carbocycles. The van der Waals surface area contributed by atoms with E-state index in [0.717, 1.165) is 5.56 Å². The number of anilines is 1. The van der Waals surface area contributed by atoms with Crippen LogP contribution in [0.15, 0.2) is 36.9 Å². The molecule has 5 nitrogen and oxygen atoms in total. The van der Waals surface area contributed by atoms with Gasteiger partial charge in [0.05, 0.1) is 23.6 Å². The third kappa shape index (κ3) is 2.57. The number of aromatic nitrogens is 2. The third-order valence-electron chi connectivity index (χ3n) is 2.22. The van der Waals surface area contributed by atoms with E-state index in [1.54, 1.807) is 12.1 Å². The van der Waals surface area contributed by atoms with E-state index in [0.29, 0.717) is 5.69 Å². The van der Waals surface area contributed by atoms with E-state index in [-0.39, 0.29) is 11.3 Å². The molecular weight excluding hydrogens is 218 g/mol. The molecule has 2 aromatic rings. The molecule has 0 saturated heterocycles. The lowest BCUT2D eigenvalue weighted by atomic mass is 10.1. The summed E-state index contributed by atoms with van der Waals surface area (Å²) >= 11 is 0. The number of aryl methyl sites for hydroxylation is 1. The summed E-state index contributed by atoms with van der Waals surface area (Å²) in [5, 5.41) is 12.2. The van der Waals surface area contributed by atoms with Crippen molar-refractivity contribution in [2.24, 2.45) is 0 Å². The molecule has 0 unspecified atom stereocenters. The first-order valence-corrected chi connectivity index (χ1v) is 5.03. The predicted octanol–water partition coefficient (Wildman–Crippen LogP) is 1.74. The molecule has 0 atom stereocenters. The van der Waals surface area contributed by atoms with Gasteiger partial charge in [-0.15, -0.1) is 0 Å². The van der Waals surface area contributed by atoms with Gasteiger partial charge >= 0.3 is 0 Å². The van der Waals surface area contributed by atoms with Crippen molar-refractivity contribution < 1.29 is 9.90 Å². The van der Waals surface area contributed by atoms with Gasteiger partial charge in [-0.1, -0.05) is 6.07 Å². The van der Waals surface area contributed by atoms with E-state index in [9.17, 15) is 9.90 Å². The molecule has 0 spiro atoms. The lowest BCUT2D eigenvalue weighted by Crippen LogP contribution is -2.12. The predicted molar refractivity (Wildman–Crippen MR) is 62.8 cm³/mol. The monoisotopic (exact) mass is 229 g/mol. The Hall–Kier alpha value is -2.43. The quantitative estimate of drug-likeness (QED) is 0.822. The first-order valence-electron chi connectivity index (χ1n) is 5.03. The number of benzene rings is 1.